The lowest BCUT2D eigenvalue weighted by Crippen LogP contribution is -2.35. The second kappa shape index (κ2) is 9.14. The number of sulfonamides is 2. The smallest absolute Gasteiger partial charge is 0.207 e. The summed E-state index contributed by atoms with van der Waals surface area (Å²) in [6.07, 6.45) is 2.72. The standard InChI is InChI=1S/C20H25ClN2O4S2/c1-2-22(16-17-8-4-5-9-20(17)21)28(24,25)18-10-12-19(13-11-18)29(26,27)23-14-6-3-7-15-23/h4-5,8-13H,2-3,6-7,14-16H2,1H3. The molecule has 2 aromatic carbocycles. The van der Waals surface area contributed by atoms with E-state index in [1.54, 1.807) is 25.1 Å². The highest BCUT2D eigenvalue weighted by Gasteiger charge is 2.28. The molecule has 1 aliphatic heterocycles. The molecule has 6 nitrogen and oxygen atoms in total. The molecule has 0 radical (unpaired) electrons. The van der Waals surface area contributed by atoms with Crippen LogP contribution in [0.15, 0.2) is 58.3 Å². The van der Waals surface area contributed by atoms with Crippen molar-refractivity contribution in [2.45, 2.75) is 42.5 Å². The summed E-state index contributed by atoms with van der Waals surface area (Å²) in [5.74, 6) is 0. The predicted octanol–water partition coefficient (Wildman–Crippen LogP) is 3.73. The molecule has 158 valence electrons. The van der Waals surface area contributed by atoms with Gasteiger partial charge in [0.15, 0.2) is 0 Å². The van der Waals surface area contributed by atoms with Crippen LogP contribution in [0.25, 0.3) is 0 Å². The quantitative estimate of drug-likeness (QED) is 0.636. The topological polar surface area (TPSA) is 74.8 Å². The molecule has 0 spiro atoms. The number of nitrogens with zero attached hydrogens (tertiary/aromatic N) is 2. The molecule has 1 saturated heterocycles. The first kappa shape index (κ1) is 22.2. The van der Waals surface area contributed by atoms with Crippen LogP contribution < -0.4 is 0 Å². The van der Waals surface area contributed by atoms with Crippen molar-refractivity contribution >= 4 is 31.6 Å². The van der Waals surface area contributed by atoms with Crippen LogP contribution in [0.2, 0.25) is 5.02 Å². The number of rotatable bonds is 7. The van der Waals surface area contributed by atoms with Gasteiger partial charge >= 0.3 is 0 Å². The lowest BCUT2D eigenvalue weighted by molar-refractivity contribution is 0.346. The van der Waals surface area contributed by atoms with Gasteiger partial charge in [0.25, 0.3) is 0 Å². The van der Waals surface area contributed by atoms with Crippen LogP contribution in [-0.4, -0.2) is 45.1 Å². The molecule has 9 heteroatoms. The molecule has 1 fully saturated rings. The molecule has 0 unspecified atom stereocenters. The summed E-state index contributed by atoms with van der Waals surface area (Å²) in [5, 5.41) is 0.504. The minimum Gasteiger partial charge on any atom is -0.207 e. The zero-order valence-corrected chi connectivity index (χ0v) is 18.7. The normalized spacial score (nSPS) is 16.2. The zero-order valence-electron chi connectivity index (χ0n) is 16.3. The molecule has 0 N–H and O–H groups in total. The Morgan fingerprint density at radius 2 is 1.48 bits per heavy atom. The molecular formula is C20H25ClN2O4S2. The predicted molar refractivity (Wildman–Crippen MR) is 114 cm³/mol. The molecule has 0 bridgehead atoms. The van der Waals surface area contributed by atoms with Crippen LogP contribution in [0.5, 0.6) is 0 Å². The van der Waals surface area contributed by atoms with Crippen molar-refractivity contribution in [1.82, 2.24) is 8.61 Å². The third-order valence-electron chi connectivity index (χ3n) is 5.07. The van der Waals surface area contributed by atoms with Crippen molar-refractivity contribution in [1.29, 1.82) is 0 Å². The van der Waals surface area contributed by atoms with Gasteiger partial charge in [-0.05, 0) is 48.7 Å². The summed E-state index contributed by atoms with van der Waals surface area (Å²) in [5.41, 5.74) is 0.712. The van der Waals surface area contributed by atoms with E-state index >= 15 is 0 Å². The van der Waals surface area contributed by atoms with Crippen molar-refractivity contribution in [2.75, 3.05) is 19.6 Å². The fraction of sp³-hybridized carbons (Fsp3) is 0.400. The van der Waals surface area contributed by atoms with E-state index in [-0.39, 0.29) is 22.9 Å². The maximum absolute atomic E-state index is 13.1. The summed E-state index contributed by atoms with van der Waals surface area (Å²) in [6, 6.07) is 12.6. The van der Waals surface area contributed by atoms with Gasteiger partial charge < -0.3 is 0 Å². The summed E-state index contributed by atoms with van der Waals surface area (Å²) in [4.78, 5) is 0.177. The van der Waals surface area contributed by atoms with Gasteiger partial charge in [0.05, 0.1) is 9.79 Å². The van der Waals surface area contributed by atoms with Crippen LogP contribution in [0.3, 0.4) is 0 Å². The van der Waals surface area contributed by atoms with Gasteiger partial charge in [-0.25, -0.2) is 16.8 Å². The molecule has 3 rings (SSSR count). The van der Waals surface area contributed by atoms with Crippen LogP contribution >= 0.6 is 11.6 Å². The van der Waals surface area contributed by atoms with Crippen LogP contribution in [0.1, 0.15) is 31.7 Å². The number of halogens is 1. The summed E-state index contributed by atoms with van der Waals surface area (Å²) in [7, 11) is -7.38. The summed E-state index contributed by atoms with van der Waals surface area (Å²) >= 11 is 6.17. The third-order valence-corrected chi connectivity index (χ3v) is 9.29. The maximum atomic E-state index is 13.1. The van der Waals surface area contributed by atoms with E-state index in [1.165, 1.54) is 32.9 Å². The van der Waals surface area contributed by atoms with Gasteiger partial charge in [-0.15, -0.1) is 0 Å². The van der Waals surface area contributed by atoms with Crippen molar-refractivity contribution in [3.63, 3.8) is 0 Å². The lowest BCUT2D eigenvalue weighted by Gasteiger charge is -2.26. The Hall–Kier alpha value is -1.45. The Morgan fingerprint density at radius 1 is 0.897 bits per heavy atom. The highest BCUT2D eigenvalue weighted by Crippen LogP contribution is 2.25. The van der Waals surface area contributed by atoms with Gasteiger partial charge in [0.1, 0.15) is 0 Å². The van der Waals surface area contributed by atoms with Crippen LogP contribution in [0.4, 0.5) is 0 Å². The maximum Gasteiger partial charge on any atom is 0.243 e. The molecule has 0 amide bonds. The highest BCUT2D eigenvalue weighted by atomic mass is 35.5. The number of hydrogen-bond donors (Lipinski definition) is 0. The first-order chi connectivity index (χ1) is 13.8. The minimum atomic E-state index is -3.79. The van der Waals surface area contributed by atoms with Crippen LogP contribution in [-0.2, 0) is 26.6 Å². The Morgan fingerprint density at radius 3 is 2.07 bits per heavy atom. The first-order valence-corrected chi connectivity index (χ1v) is 12.9. The van der Waals surface area contributed by atoms with Gasteiger partial charge in [-0.3, -0.25) is 0 Å². The van der Waals surface area contributed by atoms with Gasteiger partial charge in [0.2, 0.25) is 20.0 Å². The Kier molecular flexibility index (Phi) is 7.01. The van der Waals surface area contributed by atoms with Gasteiger partial charge in [0, 0.05) is 31.2 Å². The molecular weight excluding hydrogens is 432 g/mol. The van der Waals surface area contributed by atoms with E-state index in [4.69, 9.17) is 11.6 Å². The Labute approximate surface area is 178 Å². The minimum absolute atomic E-state index is 0.0593. The van der Waals surface area contributed by atoms with Gasteiger partial charge in [-0.2, -0.15) is 8.61 Å². The van der Waals surface area contributed by atoms with Crippen molar-refractivity contribution in [3.8, 4) is 0 Å². The van der Waals surface area contributed by atoms with Crippen molar-refractivity contribution in [3.05, 3.63) is 59.1 Å². The van der Waals surface area contributed by atoms with E-state index in [9.17, 15) is 16.8 Å². The highest BCUT2D eigenvalue weighted by molar-refractivity contribution is 7.89. The number of benzene rings is 2. The summed E-state index contributed by atoms with van der Waals surface area (Å²) < 4.78 is 54.5. The van der Waals surface area contributed by atoms with E-state index in [1.807, 2.05) is 6.07 Å². The van der Waals surface area contributed by atoms with E-state index < -0.39 is 20.0 Å². The van der Waals surface area contributed by atoms with Crippen molar-refractivity contribution in [2.24, 2.45) is 0 Å². The van der Waals surface area contributed by atoms with E-state index in [2.05, 4.69) is 0 Å². The Balaban J connectivity index is 1.84. The third kappa shape index (κ3) is 4.83. The molecule has 1 heterocycles. The second-order valence-electron chi connectivity index (χ2n) is 6.96. The zero-order chi connectivity index (χ0) is 21.1. The molecule has 0 aromatic heterocycles. The monoisotopic (exact) mass is 456 g/mol. The van der Waals surface area contributed by atoms with Crippen LogP contribution in [0, 0.1) is 0 Å². The van der Waals surface area contributed by atoms with Gasteiger partial charge in [-0.1, -0.05) is 43.1 Å². The average molecular weight is 457 g/mol. The Bertz CT molecular complexity index is 1050. The van der Waals surface area contributed by atoms with E-state index in [0.29, 0.717) is 23.7 Å². The average Bonchev–Trinajstić information content (AvgIpc) is 2.73. The summed E-state index contributed by atoms with van der Waals surface area (Å²) in [6.45, 7) is 3.17. The molecule has 29 heavy (non-hydrogen) atoms. The number of piperidine rings is 1. The fourth-order valence-corrected chi connectivity index (χ4v) is 6.51. The molecule has 0 saturated carbocycles. The first-order valence-electron chi connectivity index (χ1n) is 9.60. The molecule has 0 aliphatic carbocycles. The molecule has 0 atom stereocenters. The lowest BCUT2D eigenvalue weighted by atomic mass is 10.2. The second-order valence-corrected chi connectivity index (χ2v) is 11.2. The van der Waals surface area contributed by atoms with E-state index in [0.717, 1.165) is 19.3 Å². The molecule has 1 aliphatic rings. The molecule has 2 aromatic rings. The SMILES string of the molecule is CCN(Cc1ccccc1Cl)S(=O)(=O)c1ccc(S(=O)(=O)N2CCCCC2)cc1. The van der Waals surface area contributed by atoms with Crippen molar-refractivity contribution < 1.29 is 16.8 Å². The number of hydrogen-bond acceptors (Lipinski definition) is 4. The fourth-order valence-electron chi connectivity index (χ4n) is 3.37. The largest absolute Gasteiger partial charge is 0.243 e.